The second-order valence-corrected chi connectivity index (χ2v) is 10.4. The molecule has 0 saturated heterocycles. The van der Waals surface area contributed by atoms with E-state index in [1.165, 1.54) is 21.2 Å². The first-order chi connectivity index (χ1) is 15.9. The van der Waals surface area contributed by atoms with E-state index < -0.39 is 19.2 Å². The third kappa shape index (κ3) is 7.92. The summed E-state index contributed by atoms with van der Waals surface area (Å²) in [7, 11) is -1.91. The average molecular weight is 492 g/mol. The van der Waals surface area contributed by atoms with Gasteiger partial charge in [-0.3, -0.25) is 4.79 Å². The predicted molar refractivity (Wildman–Crippen MR) is 146 cm³/mol. The van der Waals surface area contributed by atoms with E-state index in [1.807, 2.05) is 0 Å². The minimum absolute atomic E-state index is 0. The molecular formula is C28H30O4P2. The Hall–Kier alpha value is -3.32. The number of carboxylic acids is 2. The van der Waals surface area contributed by atoms with Crippen molar-refractivity contribution in [2.24, 2.45) is 0 Å². The van der Waals surface area contributed by atoms with Crippen LogP contribution in [-0.4, -0.2) is 17.0 Å². The molecule has 0 amide bonds. The summed E-state index contributed by atoms with van der Waals surface area (Å²) in [5, 5.41) is 21.9. The third-order valence-corrected chi connectivity index (χ3v) is 8.86. The van der Waals surface area contributed by atoms with Crippen LogP contribution >= 0.6 is 17.2 Å². The largest absolute Gasteiger partial charge is 0.550 e. The third-order valence-electron chi connectivity index (χ3n) is 4.57. The summed E-state index contributed by atoms with van der Waals surface area (Å²) in [6.07, 6.45) is 0. The van der Waals surface area contributed by atoms with Gasteiger partial charge in [0.05, 0.1) is 0 Å². The van der Waals surface area contributed by atoms with Crippen molar-refractivity contribution in [1.82, 2.24) is 0 Å². The Morgan fingerprint density at radius 3 is 0.853 bits per heavy atom. The molecule has 0 spiro atoms. The molecule has 1 unspecified atom stereocenters. The van der Waals surface area contributed by atoms with Crippen molar-refractivity contribution in [2.75, 3.05) is 0 Å². The van der Waals surface area contributed by atoms with E-state index >= 15 is 0 Å². The van der Waals surface area contributed by atoms with Crippen molar-refractivity contribution in [2.45, 2.75) is 13.8 Å². The summed E-state index contributed by atoms with van der Waals surface area (Å²) in [6.45, 7) is 2.06. The van der Waals surface area contributed by atoms with E-state index in [0.29, 0.717) is 0 Å². The van der Waals surface area contributed by atoms with Crippen LogP contribution in [0.1, 0.15) is 13.8 Å². The highest BCUT2D eigenvalue weighted by Gasteiger charge is 2.47. The number of aliphatic carboxylic acids is 2. The van der Waals surface area contributed by atoms with Gasteiger partial charge in [-0.15, -0.1) is 0 Å². The van der Waals surface area contributed by atoms with Crippen LogP contribution in [-0.2, 0) is 9.59 Å². The zero-order valence-corrected chi connectivity index (χ0v) is 21.7. The van der Waals surface area contributed by atoms with E-state index in [1.54, 1.807) is 0 Å². The monoisotopic (exact) mass is 492 g/mol. The first-order valence-corrected chi connectivity index (χ1v) is 12.2. The van der Waals surface area contributed by atoms with Gasteiger partial charge < -0.3 is 15.0 Å². The molecule has 0 bridgehead atoms. The van der Waals surface area contributed by atoms with Crippen LogP contribution in [0.4, 0.5) is 0 Å². The van der Waals surface area contributed by atoms with Gasteiger partial charge in [-0.25, -0.2) is 0 Å². The van der Waals surface area contributed by atoms with Gasteiger partial charge in [-0.1, -0.05) is 72.8 Å². The Morgan fingerprint density at radius 2 is 0.706 bits per heavy atom. The zero-order chi connectivity index (χ0) is 24.1. The Balaban J connectivity index is 0.000000563. The second-order valence-electron chi connectivity index (χ2n) is 7.02. The summed E-state index contributed by atoms with van der Waals surface area (Å²) in [5.41, 5.74) is 0. The summed E-state index contributed by atoms with van der Waals surface area (Å²) in [5.74, 6) is -1.92. The Kier molecular flexibility index (Phi) is 12.5. The van der Waals surface area contributed by atoms with Crippen molar-refractivity contribution >= 4 is 50.3 Å². The molecule has 6 heteroatoms. The number of carbonyl (C=O) groups is 2. The standard InChI is InChI=1S/C24H20P.2C2H4O2.H3P/c1-5-13-21(14-6-1)25(22-15-7-2-8-16-22,23-17-9-3-10-18-23)24-19-11-4-12-20-24;2*1-2(3)4;/h1-20H;2*1H3,(H,3,4);1H3/q+1;;;/p-1. The van der Waals surface area contributed by atoms with Crippen LogP contribution < -0.4 is 26.3 Å². The fourth-order valence-electron chi connectivity index (χ4n) is 3.50. The Labute approximate surface area is 205 Å². The number of carboxylic acid groups (broad SMARTS) is 2. The van der Waals surface area contributed by atoms with Crippen LogP contribution in [0.15, 0.2) is 121 Å². The minimum Gasteiger partial charge on any atom is -0.550 e. The number of hydrogen-bond acceptors (Lipinski definition) is 3. The molecule has 1 N–H and O–H groups in total. The molecule has 0 saturated carbocycles. The van der Waals surface area contributed by atoms with Gasteiger partial charge in [0, 0.05) is 12.9 Å². The van der Waals surface area contributed by atoms with Crippen LogP contribution in [0, 0.1) is 0 Å². The molecule has 0 radical (unpaired) electrons. The van der Waals surface area contributed by atoms with Gasteiger partial charge in [0.2, 0.25) is 0 Å². The summed E-state index contributed by atoms with van der Waals surface area (Å²) >= 11 is 0. The summed E-state index contributed by atoms with van der Waals surface area (Å²) in [4.78, 5) is 17.9. The number of rotatable bonds is 4. The van der Waals surface area contributed by atoms with E-state index in [9.17, 15) is 0 Å². The molecule has 0 aliphatic carbocycles. The highest BCUT2D eigenvalue weighted by molar-refractivity contribution is 8.01. The van der Waals surface area contributed by atoms with Crippen molar-refractivity contribution in [3.05, 3.63) is 121 Å². The molecule has 176 valence electrons. The lowest BCUT2D eigenvalue weighted by Crippen LogP contribution is -2.38. The Bertz CT molecular complexity index is 937. The lowest BCUT2D eigenvalue weighted by molar-refractivity contribution is -0.302. The molecule has 4 aromatic carbocycles. The van der Waals surface area contributed by atoms with Crippen LogP contribution in [0.3, 0.4) is 0 Å². The fraction of sp³-hybridized carbons (Fsp3) is 0.0714. The van der Waals surface area contributed by atoms with Crippen molar-refractivity contribution < 1.29 is 19.8 Å². The molecule has 0 aliphatic rings. The highest BCUT2D eigenvalue weighted by atomic mass is 31.2. The van der Waals surface area contributed by atoms with Crippen molar-refractivity contribution in [1.29, 1.82) is 0 Å². The molecule has 0 aliphatic heterocycles. The van der Waals surface area contributed by atoms with E-state index in [2.05, 4.69) is 121 Å². The maximum atomic E-state index is 9.00. The van der Waals surface area contributed by atoms with Gasteiger partial charge in [-0.05, 0) is 55.5 Å². The quantitative estimate of drug-likeness (QED) is 0.444. The topological polar surface area (TPSA) is 77.4 Å². The molecule has 4 aromatic rings. The molecule has 1 atom stereocenters. The number of hydrogen-bond donors (Lipinski definition) is 1. The van der Waals surface area contributed by atoms with Crippen molar-refractivity contribution in [3.8, 4) is 0 Å². The maximum Gasteiger partial charge on any atom is 0.300 e. The lowest BCUT2D eigenvalue weighted by atomic mass is 10.3. The Morgan fingerprint density at radius 1 is 0.559 bits per heavy atom. The fourth-order valence-corrected chi connectivity index (χ4v) is 7.77. The normalized spacial score (nSPS) is 9.71. The van der Waals surface area contributed by atoms with Gasteiger partial charge >= 0.3 is 0 Å². The molecule has 4 nitrogen and oxygen atoms in total. The minimum atomic E-state index is -1.91. The van der Waals surface area contributed by atoms with Gasteiger partial charge in [0.1, 0.15) is 28.5 Å². The SMILES string of the molecule is CC(=O)O.CC(=O)[O-].P.c1ccc([P+](c2ccccc2)(c2ccccc2)c2ccccc2)cc1. The summed E-state index contributed by atoms with van der Waals surface area (Å²) < 4.78 is 0. The average Bonchev–Trinajstić information content (AvgIpc) is 2.82. The van der Waals surface area contributed by atoms with Crippen LogP contribution in [0.5, 0.6) is 0 Å². The van der Waals surface area contributed by atoms with Gasteiger partial charge in [0.15, 0.2) is 0 Å². The predicted octanol–water partition coefficient (Wildman–Crippen LogP) is 3.21. The number of carbonyl (C=O) groups excluding carboxylic acids is 1. The molecule has 4 rings (SSSR count). The molecular weight excluding hydrogens is 462 g/mol. The van der Waals surface area contributed by atoms with Crippen molar-refractivity contribution in [3.63, 3.8) is 0 Å². The highest BCUT2D eigenvalue weighted by Crippen LogP contribution is 2.53. The first kappa shape index (κ1) is 28.7. The van der Waals surface area contributed by atoms with E-state index in [4.69, 9.17) is 19.8 Å². The zero-order valence-electron chi connectivity index (χ0n) is 19.4. The second kappa shape index (κ2) is 14.8. The van der Waals surface area contributed by atoms with Gasteiger partial charge in [-0.2, -0.15) is 9.90 Å². The first-order valence-electron chi connectivity index (χ1n) is 10.4. The van der Waals surface area contributed by atoms with E-state index in [-0.39, 0.29) is 9.90 Å². The summed E-state index contributed by atoms with van der Waals surface area (Å²) in [6, 6.07) is 43.8. The molecule has 0 aromatic heterocycles. The van der Waals surface area contributed by atoms with Crippen LogP contribution in [0.25, 0.3) is 0 Å². The van der Waals surface area contributed by atoms with E-state index in [0.717, 1.165) is 13.8 Å². The molecule has 34 heavy (non-hydrogen) atoms. The van der Waals surface area contributed by atoms with Crippen LogP contribution in [0.2, 0.25) is 0 Å². The lowest BCUT2D eigenvalue weighted by Gasteiger charge is -2.27. The molecule has 0 heterocycles. The smallest absolute Gasteiger partial charge is 0.300 e. The molecule has 0 fully saturated rings. The number of benzene rings is 4. The maximum absolute atomic E-state index is 9.00. The van der Waals surface area contributed by atoms with Gasteiger partial charge in [0.25, 0.3) is 5.97 Å².